The van der Waals surface area contributed by atoms with Gasteiger partial charge in [-0.25, -0.2) is 4.68 Å². The standard InChI is InChI=1S/C31H33ClN4O2/c1-22-14-16-24(17-15-22)30(38)35(19-18-23-10-6-5-7-11-23)21-29(37)33-28-20-27(31(2,3)4)34-36(28)26-13-9-8-12-25(26)32/h5-17,20H,18-19,21H2,1-4H3,(H,33,37). The minimum Gasteiger partial charge on any atom is -0.329 e. The van der Waals surface area contributed by atoms with Crippen LogP contribution in [0, 0.1) is 6.92 Å². The van der Waals surface area contributed by atoms with Crippen LogP contribution in [-0.2, 0) is 16.6 Å². The zero-order valence-electron chi connectivity index (χ0n) is 22.2. The third-order valence-electron chi connectivity index (χ3n) is 6.26. The average molecular weight is 529 g/mol. The number of carbonyl (C=O) groups excluding carboxylic acids is 2. The van der Waals surface area contributed by atoms with Gasteiger partial charge >= 0.3 is 0 Å². The van der Waals surface area contributed by atoms with Crippen molar-refractivity contribution in [1.29, 1.82) is 0 Å². The van der Waals surface area contributed by atoms with Crippen LogP contribution in [0.4, 0.5) is 5.82 Å². The Morgan fingerprint density at radius 1 is 0.947 bits per heavy atom. The number of anilines is 1. The number of rotatable bonds is 8. The maximum atomic E-state index is 13.4. The molecule has 0 spiro atoms. The Kier molecular flexibility index (Phi) is 8.32. The van der Waals surface area contributed by atoms with Crippen molar-refractivity contribution in [2.24, 2.45) is 0 Å². The second-order valence-electron chi connectivity index (χ2n) is 10.4. The Hall–Kier alpha value is -3.90. The molecule has 2 amide bonds. The van der Waals surface area contributed by atoms with E-state index in [4.69, 9.17) is 16.7 Å². The first-order valence-electron chi connectivity index (χ1n) is 12.7. The highest BCUT2D eigenvalue weighted by Gasteiger charge is 2.24. The molecule has 1 aromatic heterocycles. The summed E-state index contributed by atoms with van der Waals surface area (Å²) in [5, 5.41) is 8.25. The molecule has 0 unspecified atom stereocenters. The number of aromatic nitrogens is 2. The molecule has 4 rings (SSSR count). The molecule has 4 aromatic rings. The molecular formula is C31H33ClN4O2. The molecule has 0 aliphatic heterocycles. The van der Waals surface area contributed by atoms with Crippen LogP contribution in [0.3, 0.4) is 0 Å². The van der Waals surface area contributed by atoms with Crippen molar-refractivity contribution in [3.05, 3.63) is 112 Å². The predicted octanol–water partition coefficient (Wildman–Crippen LogP) is 6.46. The van der Waals surface area contributed by atoms with Crippen LogP contribution in [0.1, 0.15) is 48.0 Å². The number of amides is 2. The topological polar surface area (TPSA) is 67.2 Å². The normalized spacial score (nSPS) is 11.3. The lowest BCUT2D eigenvalue weighted by molar-refractivity contribution is -0.116. The highest BCUT2D eigenvalue weighted by Crippen LogP contribution is 2.29. The summed E-state index contributed by atoms with van der Waals surface area (Å²) in [5.41, 5.74) is 3.95. The number of nitrogens with zero attached hydrogens (tertiary/aromatic N) is 3. The molecular weight excluding hydrogens is 496 g/mol. The summed E-state index contributed by atoms with van der Waals surface area (Å²) in [6, 6.07) is 26.5. The molecule has 1 N–H and O–H groups in total. The van der Waals surface area contributed by atoms with E-state index in [1.807, 2.05) is 73.7 Å². The van der Waals surface area contributed by atoms with Crippen molar-refractivity contribution >= 4 is 29.2 Å². The number of nitrogens with one attached hydrogen (secondary N) is 1. The lowest BCUT2D eigenvalue weighted by Crippen LogP contribution is -2.39. The smallest absolute Gasteiger partial charge is 0.254 e. The fourth-order valence-corrected chi connectivity index (χ4v) is 4.26. The van der Waals surface area contributed by atoms with Crippen molar-refractivity contribution in [1.82, 2.24) is 14.7 Å². The Labute approximate surface area is 229 Å². The van der Waals surface area contributed by atoms with E-state index in [1.165, 1.54) is 0 Å². The quantitative estimate of drug-likeness (QED) is 0.285. The maximum Gasteiger partial charge on any atom is 0.254 e. The molecule has 0 saturated carbocycles. The first-order valence-corrected chi connectivity index (χ1v) is 13.0. The maximum absolute atomic E-state index is 13.4. The number of halogens is 1. The van der Waals surface area contributed by atoms with E-state index in [0.717, 1.165) is 16.8 Å². The van der Waals surface area contributed by atoms with E-state index < -0.39 is 0 Å². The average Bonchev–Trinajstić information content (AvgIpc) is 3.31. The van der Waals surface area contributed by atoms with Crippen molar-refractivity contribution in [2.45, 2.75) is 39.5 Å². The van der Waals surface area contributed by atoms with Gasteiger partial charge < -0.3 is 10.2 Å². The lowest BCUT2D eigenvalue weighted by Gasteiger charge is -2.23. The van der Waals surface area contributed by atoms with Gasteiger partial charge in [-0.1, -0.05) is 92.5 Å². The van der Waals surface area contributed by atoms with Crippen LogP contribution < -0.4 is 5.32 Å². The van der Waals surface area contributed by atoms with Crippen LogP contribution in [0.25, 0.3) is 5.69 Å². The molecule has 0 atom stereocenters. The highest BCUT2D eigenvalue weighted by atomic mass is 35.5. The summed E-state index contributed by atoms with van der Waals surface area (Å²) < 4.78 is 1.65. The largest absolute Gasteiger partial charge is 0.329 e. The number of para-hydroxylation sites is 1. The van der Waals surface area contributed by atoms with Gasteiger partial charge in [-0.3, -0.25) is 9.59 Å². The van der Waals surface area contributed by atoms with Gasteiger partial charge in [0.15, 0.2) is 0 Å². The Morgan fingerprint density at radius 2 is 1.61 bits per heavy atom. The summed E-state index contributed by atoms with van der Waals surface area (Å²) in [6.45, 7) is 8.46. The van der Waals surface area contributed by atoms with Gasteiger partial charge in [-0.15, -0.1) is 0 Å². The molecule has 38 heavy (non-hydrogen) atoms. The molecule has 0 fully saturated rings. The number of hydrogen-bond acceptors (Lipinski definition) is 3. The number of carbonyl (C=O) groups is 2. The van der Waals surface area contributed by atoms with Crippen molar-refractivity contribution < 1.29 is 9.59 Å². The number of hydrogen-bond donors (Lipinski definition) is 1. The van der Waals surface area contributed by atoms with Gasteiger partial charge in [0, 0.05) is 23.6 Å². The number of aryl methyl sites for hydroxylation is 1. The van der Waals surface area contributed by atoms with Gasteiger partial charge in [0.25, 0.3) is 5.91 Å². The zero-order chi connectivity index (χ0) is 27.3. The highest BCUT2D eigenvalue weighted by molar-refractivity contribution is 6.32. The van der Waals surface area contributed by atoms with Gasteiger partial charge in [0.05, 0.1) is 16.4 Å². The van der Waals surface area contributed by atoms with Gasteiger partial charge in [-0.2, -0.15) is 5.10 Å². The molecule has 6 nitrogen and oxygen atoms in total. The molecule has 0 aliphatic carbocycles. The van der Waals surface area contributed by atoms with Gasteiger partial charge in [-0.05, 0) is 43.2 Å². The molecule has 0 radical (unpaired) electrons. The lowest BCUT2D eigenvalue weighted by atomic mass is 9.92. The van der Waals surface area contributed by atoms with Crippen LogP contribution in [-0.4, -0.2) is 39.6 Å². The summed E-state index contributed by atoms with van der Waals surface area (Å²) in [5.74, 6) is -0.00271. The fraction of sp³-hybridized carbons (Fsp3) is 0.258. The molecule has 0 saturated heterocycles. The van der Waals surface area contributed by atoms with E-state index in [2.05, 4.69) is 26.1 Å². The molecule has 7 heteroatoms. The van der Waals surface area contributed by atoms with Crippen molar-refractivity contribution in [3.8, 4) is 5.69 Å². The Morgan fingerprint density at radius 3 is 2.26 bits per heavy atom. The molecule has 0 aliphatic rings. The van der Waals surface area contributed by atoms with Crippen molar-refractivity contribution in [3.63, 3.8) is 0 Å². The van der Waals surface area contributed by atoms with Crippen LogP contribution in [0.2, 0.25) is 5.02 Å². The third-order valence-corrected chi connectivity index (χ3v) is 6.58. The minimum atomic E-state index is -0.313. The molecule has 1 heterocycles. The van der Waals surface area contributed by atoms with Crippen molar-refractivity contribution in [2.75, 3.05) is 18.4 Å². The minimum absolute atomic E-state index is 0.0991. The Bertz CT molecular complexity index is 1410. The second kappa shape index (κ2) is 11.7. The van der Waals surface area contributed by atoms with Crippen LogP contribution in [0.15, 0.2) is 84.9 Å². The predicted molar refractivity (Wildman–Crippen MR) is 153 cm³/mol. The second-order valence-corrected chi connectivity index (χ2v) is 10.8. The first-order chi connectivity index (χ1) is 18.1. The fourth-order valence-electron chi connectivity index (χ4n) is 4.04. The molecule has 0 bridgehead atoms. The van der Waals surface area contributed by atoms with Gasteiger partial charge in [0.2, 0.25) is 5.91 Å². The Balaban J connectivity index is 1.59. The van der Waals surface area contributed by atoms with E-state index >= 15 is 0 Å². The SMILES string of the molecule is Cc1ccc(C(=O)N(CCc2ccccc2)CC(=O)Nc2cc(C(C)(C)C)nn2-c2ccccc2Cl)cc1. The first kappa shape index (κ1) is 27.1. The summed E-state index contributed by atoms with van der Waals surface area (Å²) in [6.07, 6.45) is 0.636. The van der Waals surface area contributed by atoms with E-state index in [-0.39, 0.29) is 23.8 Å². The number of benzene rings is 3. The van der Waals surface area contributed by atoms with Crippen LogP contribution >= 0.6 is 11.6 Å². The molecule has 196 valence electrons. The third kappa shape index (κ3) is 6.69. The van der Waals surface area contributed by atoms with Gasteiger partial charge in [0.1, 0.15) is 12.4 Å². The summed E-state index contributed by atoms with van der Waals surface area (Å²) in [7, 11) is 0. The summed E-state index contributed by atoms with van der Waals surface area (Å²) in [4.78, 5) is 28.4. The zero-order valence-corrected chi connectivity index (χ0v) is 23.0. The monoisotopic (exact) mass is 528 g/mol. The summed E-state index contributed by atoms with van der Waals surface area (Å²) >= 11 is 6.47. The van der Waals surface area contributed by atoms with E-state index in [0.29, 0.717) is 35.1 Å². The van der Waals surface area contributed by atoms with Crippen LogP contribution in [0.5, 0.6) is 0 Å². The van der Waals surface area contributed by atoms with E-state index in [1.54, 1.807) is 27.8 Å². The molecule has 3 aromatic carbocycles. The van der Waals surface area contributed by atoms with E-state index in [9.17, 15) is 9.59 Å².